The summed E-state index contributed by atoms with van der Waals surface area (Å²) in [5.41, 5.74) is 1.08. The van der Waals surface area contributed by atoms with Gasteiger partial charge in [-0.05, 0) is 34.9 Å². The number of allylic oxidation sites excluding steroid dienone is 1. The number of hydrogen-bond donors (Lipinski definition) is 0. The molecule has 0 aliphatic rings. The number of unbranched alkanes of at least 4 members (excludes halogenated alkanes) is 1. The van der Waals surface area contributed by atoms with Crippen molar-refractivity contribution in [2.24, 2.45) is 0 Å². The number of carbonyl (C=O) groups excluding carboxylic acids is 1. The van der Waals surface area contributed by atoms with Crippen LogP contribution in [0.1, 0.15) is 31.7 Å². The monoisotopic (exact) mass is 238 g/mol. The van der Waals surface area contributed by atoms with Crippen LogP contribution in [-0.2, 0) is 4.79 Å². The van der Waals surface area contributed by atoms with Gasteiger partial charge in [-0.3, -0.25) is 4.79 Å². The summed E-state index contributed by atoms with van der Waals surface area (Å²) in [6.07, 6.45) is 6.29. The normalized spacial score (nSPS) is 11.2. The standard InChI is InChI=1S/C17H18O/c1-2-3-8-17(18)12-10-14-9-11-15-6-4-5-7-16(15)13-14/h4-7,9-13H,2-3,8H2,1H3/b12-10-. The molecule has 0 spiro atoms. The zero-order valence-electron chi connectivity index (χ0n) is 10.7. The maximum absolute atomic E-state index is 11.6. The maximum atomic E-state index is 11.6. The third-order valence-electron chi connectivity index (χ3n) is 3.01. The van der Waals surface area contributed by atoms with Crippen LogP contribution >= 0.6 is 0 Å². The Morgan fingerprint density at radius 2 is 1.89 bits per heavy atom. The maximum Gasteiger partial charge on any atom is 0.155 e. The molecule has 0 saturated heterocycles. The van der Waals surface area contributed by atoms with Gasteiger partial charge in [-0.2, -0.15) is 0 Å². The van der Waals surface area contributed by atoms with Gasteiger partial charge in [0.15, 0.2) is 5.78 Å². The number of hydrogen-bond acceptors (Lipinski definition) is 1. The zero-order chi connectivity index (χ0) is 12.8. The lowest BCUT2D eigenvalue weighted by Crippen LogP contribution is -1.91. The van der Waals surface area contributed by atoms with Crippen molar-refractivity contribution in [2.75, 3.05) is 0 Å². The highest BCUT2D eigenvalue weighted by Gasteiger charge is 1.96. The molecule has 92 valence electrons. The SMILES string of the molecule is CCCCC(=O)/C=C\c1ccc2ccccc2c1. The Kier molecular flexibility index (Phi) is 4.30. The molecular weight excluding hydrogens is 220 g/mol. The molecule has 0 amide bonds. The van der Waals surface area contributed by atoms with Gasteiger partial charge in [-0.1, -0.05) is 55.8 Å². The average molecular weight is 238 g/mol. The van der Waals surface area contributed by atoms with Gasteiger partial charge in [0.1, 0.15) is 0 Å². The Hall–Kier alpha value is -1.89. The van der Waals surface area contributed by atoms with E-state index in [1.54, 1.807) is 6.08 Å². The fourth-order valence-corrected chi connectivity index (χ4v) is 1.93. The third kappa shape index (κ3) is 3.30. The topological polar surface area (TPSA) is 17.1 Å². The van der Waals surface area contributed by atoms with Crippen LogP contribution in [0.2, 0.25) is 0 Å². The second-order valence-electron chi connectivity index (χ2n) is 4.51. The average Bonchev–Trinajstić information content (AvgIpc) is 2.42. The van der Waals surface area contributed by atoms with E-state index in [0.29, 0.717) is 6.42 Å². The van der Waals surface area contributed by atoms with E-state index in [2.05, 4.69) is 31.2 Å². The van der Waals surface area contributed by atoms with Gasteiger partial charge < -0.3 is 0 Å². The summed E-state index contributed by atoms with van der Waals surface area (Å²) in [7, 11) is 0. The molecule has 0 atom stereocenters. The van der Waals surface area contributed by atoms with Gasteiger partial charge in [-0.25, -0.2) is 0 Å². The Bertz CT molecular complexity index is 567. The highest BCUT2D eigenvalue weighted by Crippen LogP contribution is 2.16. The van der Waals surface area contributed by atoms with E-state index >= 15 is 0 Å². The molecule has 2 rings (SSSR count). The van der Waals surface area contributed by atoms with Crippen molar-refractivity contribution in [3.8, 4) is 0 Å². The van der Waals surface area contributed by atoms with E-state index in [-0.39, 0.29) is 5.78 Å². The minimum Gasteiger partial charge on any atom is -0.295 e. The van der Waals surface area contributed by atoms with Gasteiger partial charge >= 0.3 is 0 Å². The van der Waals surface area contributed by atoms with Gasteiger partial charge in [-0.15, -0.1) is 0 Å². The van der Waals surface area contributed by atoms with Crippen LogP contribution in [-0.4, -0.2) is 5.78 Å². The van der Waals surface area contributed by atoms with E-state index in [1.165, 1.54) is 10.8 Å². The molecule has 0 fully saturated rings. The zero-order valence-corrected chi connectivity index (χ0v) is 10.7. The van der Waals surface area contributed by atoms with Crippen molar-refractivity contribution >= 4 is 22.6 Å². The highest BCUT2D eigenvalue weighted by atomic mass is 16.1. The molecule has 2 aromatic rings. The summed E-state index contributed by atoms with van der Waals surface area (Å²) >= 11 is 0. The second kappa shape index (κ2) is 6.15. The van der Waals surface area contributed by atoms with E-state index in [0.717, 1.165) is 18.4 Å². The molecule has 0 unspecified atom stereocenters. The highest BCUT2D eigenvalue weighted by molar-refractivity contribution is 5.94. The minimum absolute atomic E-state index is 0.213. The van der Waals surface area contributed by atoms with Crippen LogP contribution in [0.25, 0.3) is 16.8 Å². The van der Waals surface area contributed by atoms with Gasteiger partial charge in [0.05, 0.1) is 0 Å². The van der Waals surface area contributed by atoms with E-state index < -0.39 is 0 Å². The smallest absolute Gasteiger partial charge is 0.155 e. The number of ketones is 1. The molecule has 0 radical (unpaired) electrons. The summed E-state index contributed by atoms with van der Waals surface area (Å²) in [5.74, 6) is 0.213. The Balaban J connectivity index is 2.12. The second-order valence-corrected chi connectivity index (χ2v) is 4.51. The molecule has 0 aromatic heterocycles. The molecule has 0 N–H and O–H groups in total. The third-order valence-corrected chi connectivity index (χ3v) is 3.01. The van der Waals surface area contributed by atoms with E-state index in [1.807, 2.05) is 24.3 Å². The molecule has 1 nitrogen and oxygen atoms in total. The quantitative estimate of drug-likeness (QED) is 0.695. The van der Waals surface area contributed by atoms with Crippen molar-refractivity contribution in [2.45, 2.75) is 26.2 Å². The van der Waals surface area contributed by atoms with E-state index in [9.17, 15) is 4.79 Å². The molecule has 0 bridgehead atoms. The number of benzene rings is 2. The van der Waals surface area contributed by atoms with Crippen LogP contribution in [0.3, 0.4) is 0 Å². The molecule has 0 saturated carbocycles. The summed E-state index contributed by atoms with van der Waals surface area (Å²) in [6.45, 7) is 2.10. The van der Waals surface area contributed by atoms with Crippen LogP contribution in [0.4, 0.5) is 0 Å². The van der Waals surface area contributed by atoms with Gasteiger partial charge in [0, 0.05) is 6.42 Å². The lowest BCUT2D eigenvalue weighted by molar-refractivity contribution is -0.114. The minimum atomic E-state index is 0.213. The summed E-state index contributed by atoms with van der Waals surface area (Å²) in [5, 5.41) is 2.44. The first-order valence-corrected chi connectivity index (χ1v) is 6.49. The Labute approximate surface area is 108 Å². The van der Waals surface area contributed by atoms with Gasteiger partial charge in [0.2, 0.25) is 0 Å². The van der Waals surface area contributed by atoms with Crippen LogP contribution in [0.15, 0.2) is 48.5 Å². The van der Waals surface area contributed by atoms with Crippen molar-refractivity contribution in [3.05, 3.63) is 54.1 Å². The molecular formula is C17H18O. The first kappa shape index (κ1) is 12.6. The first-order chi connectivity index (χ1) is 8.79. The first-order valence-electron chi connectivity index (χ1n) is 6.49. The van der Waals surface area contributed by atoms with Crippen LogP contribution in [0.5, 0.6) is 0 Å². The fourth-order valence-electron chi connectivity index (χ4n) is 1.93. The molecule has 0 aliphatic heterocycles. The summed E-state index contributed by atoms with van der Waals surface area (Å²) in [4.78, 5) is 11.6. The lowest BCUT2D eigenvalue weighted by Gasteiger charge is -1.99. The number of carbonyl (C=O) groups is 1. The van der Waals surface area contributed by atoms with Crippen molar-refractivity contribution in [1.82, 2.24) is 0 Å². The van der Waals surface area contributed by atoms with Crippen molar-refractivity contribution in [1.29, 1.82) is 0 Å². The van der Waals surface area contributed by atoms with Crippen molar-refractivity contribution < 1.29 is 4.79 Å². The summed E-state index contributed by atoms with van der Waals surface area (Å²) in [6, 6.07) is 14.5. The molecule has 2 aromatic carbocycles. The van der Waals surface area contributed by atoms with Crippen LogP contribution in [0, 0.1) is 0 Å². The predicted octanol–water partition coefficient (Wildman–Crippen LogP) is 4.61. The molecule has 0 aliphatic carbocycles. The van der Waals surface area contributed by atoms with Crippen LogP contribution < -0.4 is 0 Å². The largest absolute Gasteiger partial charge is 0.295 e. The molecule has 18 heavy (non-hydrogen) atoms. The van der Waals surface area contributed by atoms with Crippen molar-refractivity contribution in [3.63, 3.8) is 0 Å². The Morgan fingerprint density at radius 1 is 1.11 bits per heavy atom. The van der Waals surface area contributed by atoms with E-state index in [4.69, 9.17) is 0 Å². The molecule has 1 heteroatoms. The number of fused-ring (bicyclic) bond motifs is 1. The summed E-state index contributed by atoms with van der Waals surface area (Å²) < 4.78 is 0. The lowest BCUT2D eigenvalue weighted by atomic mass is 10.1. The van der Waals surface area contributed by atoms with Gasteiger partial charge in [0.25, 0.3) is 0 Å². The number of rotatable bonds is 5. The molecule has 0 heterocycles. The fraction of sp³-hybridized carbons (Fsp3) is 0.235. The predicted molar refractivity (Wildman–Crippen MR) is 77.5 cm³/mol. The Morgan fingerprint density at radius 3 is 2.67 bits per heavy atom.